The van der Waals surface area contributed by atoms with Crippen LogP contribution in [0.25, 0.3) is 11.0 Å². The van der Waals surface area contributed by atoms with Crippen LogP contribution < -0.4 is 9.47 Å². The summed E-state index contributed by atoms with van der Waals surface area (Å²) in [5, 5.41) is 0. The van der Waals surface area contributed by atoms with Crippen LogP contribution in [0, 0.1) is 0 Å². The minimum Gasteiger partial charge on any atom is -0.497 e. The van der Waals surface area contributed by atoms with Crippen molar-refractivity contribution in [2.24, 2.45) is 0 Å². The third-order valence-corrected chi connectivity index (χ3v) is 4.99. The fourth-order valence-corrected chi connectivity index (χ4v) is 3.61. The van der Waals surface area contributed by atoms with Crippen LogP contribution in [-0.2, 0) is 11.3 Å². The van der Waals surface area contributed by atoms with Crippen LogP contribution in [0.3, 0.4) is 0 Å². The van der Waals surface area contributed by atoms with Gasteiger partial charge in [0.25, 0.3) is 0 Å². The molecule has 1 atom stereocenters. The number of hydrogen-bond donors (Lipinski definition) is 0. The molecule has 0 amide bonds. The summed E-state index contributed by atoms with van der Waals surface area (Å²) in [6, 6.07) is 16.1. The van der Waals surface area contributed by atoms with Gasteiger partial charge in [0.1, 0.15) is 23.4 Å². The summed E-state index contributed by atoms with van der Waals surface area (Å²) >= 11 is 0. The van der Waals surface area contributed by atoms with Gasteiger partial charge in [-0.25, -0.2) is 4.98 Å². The number of unbranched alkanes of at least 4 members (excludes halogenated alkanes) is 1. The van der Waals surface area contributed by atoms with Crippen molar-refractivity contribution in [1.29, 1.82) is 0 Å². The Balaban J connectivity index is 1.37. The Morgan fingerprint density at radius 3 is 2.85 bits per heavy atom. The maximum atomic E-state index is 5.90. The van der Waals surface area contributed by atoms with Crippen LogP contribution in [0.4, 0.5) is 0 Å². The molecule has 5 heteroatoms. The van der Waals surface area contributed by atoms with Gasteiger partial charge in [0.05, 0.1) is 24.8 Å². The van der Waals surface area contributed by atoms with Gasteiger partial charge >= 0.3 is 0 Å². The molecule has 142 valence electrons. The largest absolute Gasteiger partial charge is 0.497 e. The normalized spacial score (nSPS) is 16.7. The van der Waals surface area contributed by atoms with Crippen LogP contribution in [0.15, 0.2) is 48.5 Å². The first-order valence-electron chi connectivity index (χ1n) is 9.69. The van der Waals surface area contributed by atoms with E-state index in [-0.39, 0.29) is 6.10 Å². The Morgan fingerprint density at radius 2 is 2.00 bits per heavy atom. The molecule has 0 radical (unpaired) electrons. The van der Waals surface area contributed by atoms with Gasteiger partial charge in [-0.2, -0.15) is 0 Å². The van der Waals surface area contributed by atoms with Gasteiger partial charge in [0.2, 0.25) is 0 Å². The topological polar surface area (TPSA) is 45.5 Å². The van der Waals surface area contributed by atoms with Crippen molar-refractivity contribution < 1.29 is 14.2 Å². The van der Waals surface area contributed by atoms with E-state index in [0.29, 0.717) is 6.61 Å². The highest BCUT2D eigenvalue weighted by molar-refractivity contribution is 5.76. The van der Waals surface area contributed by atoms with Gasteiger partial charge < -0.3 is 18.8 Å². The average Bonchev–Trinajstić information content (AvgIpc) is 3.36. The number of hydrogen-bond acceptors (Lipinski definition) is 4. The molecule has 3 aromatic rings. The van der Waals surface area contributed by atoms with Crippen molar-refractivity contribution >= 4 is 11.0 Å². The summed E-state index contributed by atoms with van der Waals surface area (Å²) in [6.45, 7) is 2.45. The van der Waals surface area contributed by atoms with E-state index in [9.17, 15) is 0 Å². The molecule has 0 saturated carbocycles. The number of rotatable bonds is 8. The van der Waals surface area contributed by atoms with Gasteiger partial charge in [0, 0.05) is 19.2 Å². The Morgan fingerprint density at radius 1 is 1.11 bits per heavy atom. The molecular weight excluding hydrogens is 340 g/mol. The predicted molar refractivity (Wildman–Crippen MR) is 105 cm³/mol. The van der Waals surface area contributed by atoms with E-state index in [1.54, 1.807) is 7.11 Å². The lowest BCUT2D eigenvalue weighted by atomic mass is 10.2. The third kappa shape index (κ3) is 4.08. The molecule has 2 heterocycles. The van der Waals surface area contributed by atoms with Crippen molar-refractivity contribution in [3.8, 4) is 11.5 Å². The molecule has 1 aliphatic heterocycles. The number of para-hydroxylation sites is 2. The Labute approximate surface area is 159 Å². The van der Waals surface area contributed by atoms with Crippen LogP contribution in [-0.4, -0.2) is 29.9 Å². The number of fused-ring (bicyclic) bond motifs is 1. The van der Waals surface area contributed by atoms with Crippen molar-refractivity contribution in [2.45, 2.75) is 38.3 Å². The number of nitrogens with zero attached hydrogens (tertiary/aromatic N) is 2. The minimum absolute atomic E-state index is 0.130. The molecule has 1 aliphatic rings. The van der Waals surface area contributed by atoms with Crippen molar-refractivity contribution in [2.75, 3.05) is 20.3 Å². The van der Waals surface area contributed by atoms with Gasteiger partial charge in [-0.1, -0.05) is 18.2 Å². The smallest absolute Gasteiger partial charge is 0.139 e. The molecule has 0 bridgehead atoms. The van der Waals surface area contributed by atoms with Gasteiger partial charge in [-0.05, 0) is 49.9 Å². The fourth-order valence-electron chi connectivity index (χ4n) is 3.61. The van der Waals surface area contributed by atoms with E-state index in [1.807, 2.05) is 30.3 Å². The quantitative estimate of drug-likeness (QED) is 0.540. The highest BCUT2D eigenvalue weighted by Crippen LogP contribution is 2.30. The molecule has 0 spiro atoms. The average molecular weight is 366 g/mol. The molecule has 5 nitrogen and oxygen atoms in total. The highest BCUT2D eigenvalue weighted by atomic mass is 16.5. The first-order valence-corrected chi connectivity index (χ1v) is 9.69. The number of methoxy groups -OCH3 is 1. The lowest BCUT2D eigenvalue weighted by Crippen LogP contribution is -2.10. The molecule has 27 heavy (non-hydrogen) atoms. The zero-order chi connectivity index (χ0) is 18.5. The van der Waals surface area contributed by atoms with Crippen LogP contribution in [0.5, 0.6) is 11.5 Å². The molecule has 1 unspecified atom stereocenters. The second-order valence-electron chi connectivity index (χ2n) is 6.85. The molecule has 1 fully saturated rings. The Hall–Kier alpha value is -2.53. The summed E-state index contributed by atoms with van der Waals surface area (Å²) in [6.07, 6.45) is 4.31. The third-order valence-electron chi connectivity index (χ3n) is 4.99. The maximum absolute atomic E-state index is 5.90. The molecular formula is C22H26N2O3. The summed E-state index contributed by atoms with van der Waals surface area (Å²) < 4.78 is 19.3. The summed E-state index contributed by atoms with van der Waals surface area (Å²) in [5.74, 6) is 2.74. The lowest BCUT2D eigenvalue weighted by molar-refractivity contribution is 0.102. The van der Waals surface area contributed by atoms with Gasteiger partial charge in [-0.3, -0.25) is 0 Å². The van der Waals surface area contributed by atoms with E-state index in [4.69, 9.17) is 19.2 Å². The molecule has 2 aromatic carbocycles. The molecule has 1 aromatic heterocycles. The standard InChI is InChI=1S/C22H26N2O3/c1-25-17-8-6-9-18(16-17)26-14-5-4-13-24-20-11-3-2-10-19(20)23-22(24)21-12-7-15-27-21/h2-3,6,8-11,16,21H,4-5,7,12-15H2,1H3. The van der Waals surface area contributed by atoms with Crippen LogP contribution in [0.1, 0.15) is 37.6 Å². The molecule has 0 N–H and O–H groups in total. The van der Waals surface area contributed by atoms with Crippen molar-refractivity contribution in [3.63, 3.8) is 0 Å². The van der Waals surface area contributed by atoms with Gasteiger partial charge in [-0.15, -0.1) is 0 Å². The highest BCUT2D eigenvalue weighted by Gasteiger charge is 2.24. The summed E-state index contributed by atoms with van der Waals surface area (Å²) in [7, 11) is 1.67. The van der Waals surface area contributed by atoms with E-state index in [1.165, 1.54) is 5.52 Å². The number of ether oxygens (including phenoxy) is 3. The zero-order valence-electron chi connectivity index (χ0n) is 15.8. The first-order chi connectivity index (χ1) is 13.3. The second-order valence-corrected chi connectivity index (χ2v) is 6.85. The number of imidazole rings is 1. The van der Waals surface area contributed by atoms with Crippen molar-refractivity contribution in [1.82, 2.24) is 9.55 Å². The maximum Gasteiger partial charge on any atom is 0.139 e. The molecule has 4 rings (SSSR count). The molecule has 1 saturated heterocycles. The fraction of sp³-hybridized carbons (Fsp3) is 0.409. The van der Waals surface area contributed by atoms with Gasteiger partial charge in [0.15, 0.2) is 0 Å². The number of aromatic nitrogens is 2. The predicted octanol–water partition coefficient (Wildman–Crippen LogP) is 4.76. The Kier molecular flexibility index (Phi) is 5.58. The van der Waals surface area contributed by atoms with Crippen molar-refractivity contribution in [3.05, 3.63) is 54.4 Å². The second kappa shape index (κ2) is 8.44. The summed E-state index contributed by atoms with van der Waals surface area (Å²) in [5.41, 5.74) is 2.24. The van der Waals surface area contributed by atoms with E-state index >= 15 is 0 Å². The number of benzene rings is 2. The lowest BCUT2D eigenvalue weighted by Gasteiger charge is -2.14. The first kappa shape index (κ1) is 17.9. The monoisotopic (exact) mass is 366 g/mol. The van der Waals surface area contributed by atoms with E-state index in [0.717, 1.165) is 61.7 Å². The van der Waals surface area contributed by atoms with Crippen LogP contribution >= 0.6 is 0 Å². The summed E-state index contributed by atoms with van der Waals surface area (Å²) in [4.78, 5) is 4.85. The van der Waals surface area contributed by atoms with Crippen LogP contribution in [0.2, 0.25) is 0 Å². The SMILES string of the molecule is COc1cccc(OCCCCn2c(C3CCCO3)nc3ccccc32)c1. The zero-order valence-corrected chi connectivity index (χ0v) is 15.8. The van der Waals surface area contributed by atoms with E-state index < -0.39 is 0 Å². The number of aryl methyl sites for hydroxylation is 1. The van der Waals surface area contributed by atoms with E-state index in [2.05, 4.69) is 22.8 Å². The minimum atomic E-state index is 0.130. The molecule has 0 aliphatic carbocycles. The Bertz CT molecular complexity index is 884.